The number of fused-ring (bicyclic) bond motifs is 1. The van der Waals surface area contributed by atoms with Crippen LogP contribution < -0.4 is 10.2 Å². The number of hydrogen-bond donors (Lipinski definition) is 2. The van der Waals surface area contributed by atoms with Gasteiger partial charge in [0, 0.05) is 48.5 Å². The number of carbonyl (C=O) groups excluding carboxylic acids is 1. The Morgan fingerprint density at radius 3 is 2.91 bits per heavy atom. The molecule has 5 nitrogen and oxygen atoms in total. The average Bonchev–Trinajstić information content (AvgIpc) is 2.92. The van der Waals surface area contributed by atoms with E-state index in [0.717, 1.165) is 35.5 Å². The lowest BCUT2D eigenvalue weighted by atomic mass is 10.1. The van der Waals surface area contributed by atoms with Crippen molar-refractivity contribution in [3.8, 4) is 0 Å². The molecule has 2 N–H and O–H groups in total. The maximum Gasteiger partial charge on any atom is 0.278 e. The molecule has 22 heavy (non-hydrogen) atoms. The number of nitrogens with zero attached hydrogens (tertiary/aromatic N) is 2. The molecular formula is C15H18Cl2N4O. The zero-order valence-electron chi connectivity index (χ0n) is 12.4. The summed E-state index contributed by atoms with van der Waals surface area (Å²) < 4.78 is 0. The summed E-state index contributed by atoms with van der Waals surface area (Å²) in [6, 6.07) is 5.59. The second kappa shape index (κ2) is 6.69. The van der Waals surface area contributed by atoms with Gasteiger partial charge in [-0.15, -0.1) is 12.4 Å². The zero-order chi connectivity index (χ0) is 15.0. The van der Waals surface area contributed by atoms with E-state index >= 15 is 0 Å². The number of H-pyrrole nitrogens is 1. The van der Waals surface area contributed by atoms with Crippen LogP contribution in [-0.2, 0) is 13.0 Å². The van der Waals surface area contributed by atoms with Gasteiger partial charge in [-0.2, -0.15) is 5.10 Å². The summed E-state index contributed by atoms with van der Waals surface area (Å²) in [5.41, 5.74) is 4.25. The molecule has 0 saturated carbocycles. The molecule has 1 aliphatic rings. The first kappa shape index (κ1) is 16.8. The van der Waals surface area contributed by atoms with E-state index in [2.05, 4.69) is 15.5 Å². The summed E-state index contributed by atoms with van der Waals surface area (Å²) in [5.74, 6) is -0.129. The van der Waals surface area contributed by atoms with Crippen molar-refractivity contribution < 1.29 is 4.79 Å². The van der Waals surface area contributed by atoms with Crippen molar-refractivity contribution in [1.82, 2.24) is 15.5 Å². The van der Waals surface area contributed by atoms with Crippen LogP contribution in [0.15, 0.2) is 18.2 Å². The maximum atomic E-state index is 12.6. The Hall–Kier alpha value is -1.56. The molecule has 1 aliphatic heterocycles. The number of anilines is 1. The van der Waals surface area contributed by atoms with Crippen LogP contribution >= 0.6 is 24.0 Å². The largest absolute Gasteiger partial charge is 0.312 e. The third-order valence-electron chi connectivity index (χ3n) is 3.86. The van der Waals surface area contributed by atoms with Crippen molar-refractivity contribution in [1.29, 1.82) is 0 Å². The minimum absolute atomic E-state index is 0. The van der Waals surface area contributed by atoms with Crippen molar-refractivity contribution in [2.75, 3.05) is 18.5 Å². The number of halogens is 2. The summed E-state index contributed by atoms with van der Waals surface area (Å²) >= 11 is 6.13. The topological polar surface area (TPSA) is 61.0 Å². The summed E-state index contributed by atoms with van der Waals surface area (Å²) in [4.78, 5) is 14.2. The van der Waals surface area contributed by atoms with Gasteiger partial charge >= 0.3 is 0 Å². The van der Waals surface area contributed by atoms with E-state index in [1.807, 2.05) is 19.1 Å². The van der Waals surface area contributed by atoms with Gasteiger partial charge in [-0.05, 0) is 24.6 Å². The van der Waals surface area contributed by atoms with E-state index in [1.54, 1.807) is 18.0 Å². The first-order valence-electron chi connectivity index (χ1n) is 6.89. The van der Waals surface area contributed by atoms with Crippen LogP contribution in [0.1, 0.15) is 27.3 Å². The van der Waals surface area contributed by atoms with Crippen molar-refractivity contribution in [3.05, 3.63) is 45.7 Å². The molecule has 0 unspecified atom stereocenters. The number of aromatic nitrogens is 2. The highest BCUT2D eigenvalue weighted by molar-refractivity contribution is 6.31. The normalized spacial score (nSPS) is 13.2. The van der Waals surface area contributed by atoms with Crippen LogP contribution in [-0.4, -0.2) is 29.7 Å². The highest BCUT2D eigenvalue weighted by atomic mass is 35.5. The Bertz CT molecular complexity index is 699. The number of aryl methyl sites for hydroxylation is 1. The van der Waals surface area contributed by atoms with Gasteiger partial charge in [0.05, 0.1) is 0 Å². The minimum Gasteiger partial charge on any atom is -0.312 e. The lowest BCUT2D eigenvalue weighted by Crippen LogP contribution is -2.30. The van der Waals surface area contributed by atoms with Gasteiger partial charge in [0.15, 0.2) is 5.69 Å². The number of hydrogen-bond acceptors (Lipinski definition) is 3. The number of nitrogens with one attached hydrogen (secondary N) is 2. The molecular weight excluding hydrogens is 323 g/mol. The van der Waals surface area contributed by atoms with E-state index in [9.17, 15) is 4.79 Å². The first-order valence-corrected chi connectivity index (χ1v) is 7.26. The van der Waals surface area contributed by atoms with E-state index in [0.29, 0.717) is 17.3 Å². The molecule has 0 saturated heterocycles. The molecule has 2 aromatic rings. The number of aromatic amines is 1. The third-order valence-corrected chi connectivity index (χ3v) is 4.26. The molecule has 3 rings (SSSR count). The monoisotopic (exact) mass is 340 g/mol. The Kier molecular flexibility index (Phi) is 5.11. The third kappa shape index (κ3) is 2.97. The summed E-state index contributed by atoms with van der Waals surface area (Å²) in [7, 11) is 1.74. The minimum atomic E-state index is -0.129. The molecule has 7 heteroatoms. The van der Waals surface area contributed by atoms with Crippen molar-refractivity contribution in [2.45, 2.75) is 19.9 Å². The molecule has 0 aliphatic carbocycles. The molecule has 118 valence electrons. The first-order chi connectivity index (χ1) is 10.1. The lowest BCUT2D eigenvalue weighted by molar-refractivity contribution is 0.0987. The van der Waals surface area contributed by atoms with Gasteiger partial charge in [-0.3, -0.25) is 9.89 Å². The highest BCUT2D eigenvalue weighted by Gasteiger charge is 2.24. The van der Waals surface area contributed by atoms with Gasteiger partial charge in [0.2, 0.25) is 0 Å². The number of benzene rings is 1. The van der Waals surface area contributed by atoms with Crippen LogP contribution in [0, 0.1) is 6.92 Å². The fraction of sp³-hybridized carbons (Fsp3) is 0.333. The Balaban J connectivity index is 0.00000176. The standard InChI is InChI=1S/C15H17ClN4O.ClH/c1-9-3-4-10(7-12(9)16)20(2)15(21)14-11-8-17-6-5-13(11)18-19-14;/h3-4,7,17H,5-6,8H2,1-2H3,(H,18,19);1H. The number of rotatable bonds is 2. The van der Waals surface area contributed by atoms with Gasteiger partial charge in [0.25, 0.3) is 5.91 Å². The van der Waals surface area contributed by atoms with E-state index in [1.165, 1.54) is 0 Å². The fourth-order valence-electron chi connectivity index (χ4n) is 2.47. The molecule has 0 atom stereocenters. The number of amides is 1. The second-order valence-corrected chi connectivity index (χ2v) is 5.66. The van der Waals surface area contributed by atoms with Gasteiger partial charge in [-0.1, -0.05) is 17.7 Å². The SMILES string of the molecule is Cc1ccc(N(C)C(=O)c2n[nH]c3c2CNCC3)cc1Cl.Cl. The van der Waals surface area contributed by atoms with Crippen LogP contribution in [0.2, 0.25) is 5.02 Å². The fourth-order valence-corrected chi connectivity index (χ4v) is 2.64. The van der Waals surface area contributed by atoms with E-state index in [-0.39, 0.29) is 18.3 Å². The molecule has 0 radical (unpaired) electrons. The van der Waals surface area contributed by atoms with Gasteiger partial charge in [-0.25, -0.2) is 0 Å². The van der Waals surface area contributed by atoms with Crippen molar-refractivity contribution >= 4 is 35.6 Å². The lowest BCUT2D eigenvalue weighted by Gasteiger charge is -2.19. The molecule has 1 aromatic heterocycles. The Labute approximate surface area is 140 Å². The van der Waals surface area contributed by atoms with E-state index in [4.69, 9.17) is 11.6 Å². The molecule has 0 spiro atoms. The van der Waals surface area contributed by atoms with E-state index < -0.39 is 0 Å². The predicted octanol–water partition coefficient (Wildman–Crippen LogP) is 2.72. The Morgan fingerprint density at radius 1 is 1.41 bits per heavy atom. The molecule has 1 aromatic carbocycles. The summed E-state index contributed by atoms with van der Waals surface area (Å²) in [5, 5.41) is 11.1. The number of carbonyl (C=O) groups is 1. The smallest absolute Gasteiger partial charge is 0.278 e. The zero-order valence-corrected chi connectivity index (χ0v) is 14.0. The molecule has 1 amide bonds. The summed E-state index contributed by atoms with van der Waals surface area (Å²) in [6.07, 6.45) is 0.871. The second-order valence-electron chi connectivity index (χ2n) is 5.25. The van der Waals surface area contributed by atoms with Crippen LogP contribution in [0.5, 0.6) is 0 Å². The van der Waals surface area contributed by atoms with Crippen molar-refractivity contribution in [2.24, 2.45) is 0 Å². The predicted molar refractivity (Wildman–Crippen MR) is 90.2 cm³/mol. The maximum absolute atomic E-state index is 12.6. The molecule has 2 heterocycles. The van der Waals surface area contributed by atoms with Crippen LogP contribution in [0.3, 0.4) is 0 Å². The summed E-state index contributed by atoms with van der Waals surface area (Å²) in [6.45, 7) is 3.52. The van der Waals surface area contributed by atoms with Crippen molar-refractivity contribution in [3.63, 3.8) is 0 Å². The van der Waals surface area contributed by atoms with Crippen LogP contribution in [0.25, 0.3) is 0 Å². The highest BCUT2D eigenvalue weighted by Crippen LogP contribution is 2.24. The molecule has 0 bridgehead atoms. The molecule has 0 fully saturated rings. The quantitative estimate of drug-likeness (QED) is 0.883. The van der Waals surface area contributed by atoms with Crippen LogP contribution in [0.4, 0.5) is 5.69 Å². The van der Waals surface area contributed by atoms with Gasteiger partial charge in [0.1, 0.15) is 0 Å². The Morgan fingerprint density at radius 2 is 2.18 bits per heavy atom. The average molecular weight is 341 g/mol. The van der Waals surface area contributed by atoms with Gasteiger partial charge < -0.3 is 10.2 Å².